The lowest BCUT2D eigenvalue weighted by atomic mass is 9.99. The Kier molecular flexibility index (Phi) is 5.44. The van der Waals surface area contributed by atoms with Gasteiger partial charge in [-0.3, -0.25) is 9.59 Å². The fourth-order valence-electron chi connectivity index (χ4n) is 1.67. The van der Waals surface area contributed by atoms with Crippen molar-refractivity contribution in [1.82, 2.24) is 5.32 Å². The van der Waals surface area contributed by atoms with Crippen LogP contribution in [0.1, 0.15) is 23.9 Å². The maximum atomic E-state index is 12.0. The molecule has 0 saturated carbocycles. The summed E-state index contributed by atoms with van der Waals surface area (Å²) >= 11 is 1.38. The van der Waals surface area contributed by atoms with Gasteiger partial charge in [0, 0.05) is 7.11 Å². The maximum Gasteiger partial charge on any atom is 0.305 e. The number of carbonyl (C=O) groups excluding carboxylic acids is 1. The van der Waals surface area contributed by atoms with Crippen LogP contribution >= 0.6 is 11.8 Å². The number of methoxy groups -OCH3 is 1. The van der Waals surface area contributed by atoms with Gasteiger partial charge in [0.25, 0.3) is 5.91 Å². The van der Waals surface area contributed by atoms with E-state index in [-0.39, 0.29) is 18.8 Å². The molecule has 1 unspecified atom stereocenters. The van der Waals surface area contributed by atoms with Crippen LogP contribution in [-0.4, -0.2) is 42.5 Å². The third-order valence-electron chi connectivity index (χ3n) is 2.43. The molecule has 6 nitrogen and oxygen atoms in total. The molecule has 0 spiro atoms. The molecule has 106 valence electrons. The Morgan fingerprint density at radius 3 is 2.68 bits per heavy atom. The predicted molar refractivity (Wildman–Crippen MR) is 70.5 cm³/mol. The van der Waals surface area contributed by atoms with E-state index in [1.54, 1.807) is 19.1 Å². The number of carbonyl (C=O) groups is 2. The van der Waals surface area contributed by atoms with Crippen molar-refractivity contribution in [3.8, 4) is 0 Å². The van der Waals surface area contributed by atoms with Gasteiger partial charge < -0.3 is 19.6 Å². The van der Waals surface area contributed by atoms with Crippen molar-refractivity contribution in [1.29, 1.82) is 0 Å². The molecule has 1 aromatic heterocycles. The third-order valence-corrected chi connectivity index (χ3v) is 3.05. The summed E-state index contributed by atoms with van der Waals surface area (Å²) < 4.78 is 10.2. The Labute approximate surface area is 115 Å². The van der Waals surface area contributed by atoms with Crippen LogP contribution in [0.3, 0.4) is 0 Å². The highest BCUT2D eigenvalue weighted by Gasteiger charge is 2.30. The van der Waals surface area contributed by atoms with Crippen molar-refractivity contribution in [2.45, 2.75) is 24.0 Å². The van der Waals surface area contributed by atoms with Crippen LogP contribution in [0, 0.1) is 0 Å². The Hall–Kier alpha value is -1.47. The lowest BCUT2D eigenvalue weighted by Gasteiger charge is -2.27. The van der Waals surface area contributed by atoms with Gasteiger partial charge in [0.2, 0.25) is 0 Å². The number of hydrogen-bond donors (Lipinski definition) is 2. The molecular formula is C12H17NO5S. The summed E-state index contributed by atoms with van der Waals surface area (Å²) in [6.07, 6.45) is 1.60. The van der Waals surface area contributed by atoms with Gasteiger partial charge in [0.1, 0.15) is 0 Å². The summed E-state index contributed by atoms with van der Waals surface area (Å²) in [5.41, 5.74) is -0.982. The normalized spacial score (nSPS) is 13.8. The van der Waals surface area contributed by atoms with Gasteiger partial charge in [-0.2, -0.15) is 0 Å². The van der Waals surface area contributed by atoms with E-state index < -0.39 is 17.4 Å². The molecule has 1 amide bonds. The first-order chi connectivity index (χ1) is 8.90. The summed E-state index contributed by atoms with van der Waals surface area (Å²) in [4.78, 5) is 22.8. The maximum absolute atomic E-state index is 12.0. The fraction of sp³-hybridized carbons (Fsp3) is 0.500. The second kappa shape index (κ2) is 6.63. The highest BCUT2D eigenvalue weighted by Crippen LogP contribution is 2.19. The van der Waals surface area contributed by atoms with E-state index in [1.807, 2.05) is 6.26 Å². The van der Waals surface area contributed by atoms with Crippen LogP contribution in [0.4, 0.5) is 0 Å². The highest BCUT2D eigenvalue weighted by atomic mass is 32.2. The molecule has 0 bridgehead atoms. The van der Waals surface area contributed by atoms with Crippen molar-refractivity contribution in [2.24, 2.45) is 0 Å². The van der Waals surface area contributed by atoms with E-state index >= 15 is 0 Å². The van der Waals surface area contributed by atoms with Crippen LogP contribution in [0.2, 0.25) is 0 Å². The van der Waals surface area contributed by atoms with Crippen LogP contribution in [0.15, 0.2) is 21.6 Å². The molecule has 0 fully saturated rings. The smallest absolute Gasteiger partial charge is 0.305 e. The van der Waals surface area contributed by atoms with Gasteiger partial charge >= 0.3 is 5.97 Å². The number of thioether (sulfide) groups is 1. The number of carboxylic acids is 1. The first kappa shape index (κ1) is 15.6. The van der Waals surface area contributed by atoms with Crippen molar-refractivity contribution in [3.63, 3.8) is 0 Å². The Balaban J connectivity index is 2.78. The molecule has 1 atom stereocenters. The van der Waals surface area contributed by atoms with E-state index in [2.05, 4.69) is 5.32 Å². The van der Waals surface area contributed by atoms with Crippen molar-refractivity contribution < 1.29 is 23.8 Å². The van der Waals surface area contributed by atoms with Crippen molar-refractivity contribution in [3.05, 3.63) is 17.9 Å². The van der Waals surface area contributed by atoms with Gasteiger partial charge in [-0.05, 0) is 25.3 Å². The van der Waals surface area contributed by atoms with Crippen molar-refractivity contribution in [2.75, 3.05) is 20.0 Å². The van der Waals surface area contributed by atoms with E-state index in [1.165, 1.54) is 18.9 Å². The largest absolute Gasteiger partial charge is 0.481 e. The summed E-state index contributed by atoms with van der Waals surface area (Å²) in [5, 5.41) is 12.1. The second-order valence-electron chi connectivity index (χ2n) is 4.34. The molecular weight excluding hydrogens is 270 g/mol. The molecule has 2 N–H and O–H groups in total. The molecule has 1 rings (SSSR count). The van der Waals surface area contributed by atoms with Crippen LogP contribution in [-0.2, 0) is 9.53 Å². The zero-order valence-electron chi connectivity index (χ0n) is 11.1. The van der Waals surface area contributed by atoms with Gasteiger partial charge in [0.15, 0.2) is 10.9 Å². The lowest BCUT2D eigenvalue weighted by Crippen LogP contribution is -2.50. The quantitative estimate of drug-likeness (QED) is 0.741. The summed E-state index contributed by atoms with van der Waals surface area (Å²) in [7, 11) is 1.45. The Morgan fingerprint density at radius 2 is 2.21 bits per heavy atom. The zero-order chi connectivity index (χ0) is 14.5. The van der Waals surface area contributed by atoms with Gasteiger partial charge in [-0.1, -0.05) is 11.8 Å². The summed E-state index contributed by atoms with van der Waals surface area (Å²) in [5.74, 6) is -1.32. The number of ether oxygens (including phenoxy) is 1. The standard InChI is InChI=1S/C12H17NO5S/c1-12(7-17-2,6-9(14)15)13-11(16)8-4-5-10(18-8)19-3/h4-5H,6-7H2,1-3H3,(H,13,16)(H,14,15). The van der Waals surface area contributed by atoms with Gasteiger partial charge in [-0.15, -0.1) is 0 Å². The molecule has 0 radical (unpaired) electrons. The minimum absolute atomic E-state index is 0.0983. The summed E-state index contributed by atoms with van der Waals surface area (Å²) in [6, 6.07) is 3.24. The van der Waals surface area contributed by atoms with Crippen LogP contribution in [0.25, 0.3) is 0 Å². The SMILES string of the molecule is COCC(C)(CC(=O)O)NC(=O)c1ccc(SC)o1. The summed E-state index contributed by atoms with van der Waals surface area (Å²) in [6.45, 7) is 1.71. The second-order valence-corrected chi connectivity index (χ2v) is 5.15. The number of amides is 1. The van der Waals surface area contributed by atoms with Crippen LogP contribution < -0.4 is 5.32 Å². The first-order valence-electron chi connectivity index (χ1n) is 5.57. The molecule has 0 aromatic carbocycles. The number of furan rings is 1. The average Bonchev–Trinajstić information content (AvgIpc) is 2.76. The average molecular weight is 287 g/mol. The minimum atomic E-state index is -1.01. The number of carboxylic acid groups (broad SMARTS) is 1. The molecule has 0 aliphatic rings. The zero-order valence-corrected chi connectivity index (χ0v) is 11.9. The number of nitrogens with one attached hydrogen (secondary N) is 1. The Morgan fingerprint density at radius 1 is 1.53 bits per heavy atom. The van der Waals surface area contributed by atoms with Crippen LogP contribution in [0.5, 0.6) is 0 Å². The minimum Gasteiger partial charge on any atom is -0.481 e. The van der Waals surface area contributed by atoms with E-state index in [0.717, 1.165) is 0 Å². The Bertz CT molecular complexity index is 459. The molecule has 7 heteroatoms. The first-order valence-corrected chi connectivity index (χ1v) is 6.80. The van der Waals surface area contributed by atoms with Crippen molar-refractivity contribution >= 4 is 23.6 Å². The predicted octanol–water partition coefficient (Wildman–Crippen LogP) is 1.61. The van der Waals surface area contributed by atoms with E-state index in [9.17, 15) is 9.59 Å². The number of hydrogen-bond acceptors (Lipinski definition) is 5. The topological polar surface area (TPSA) is 88.8 Å². The molecule has 1 heterocycles. The number of rotatable bonds is 7. The molecule has 0 saturated heterocycles. The van der Waals surface area contributed by atoms with Gasteiger partial charge in [0.05, 0.1) is 18.6 Å². The van der Waals surface area contributed by atoms with E-state index in [0.29, 0.717) is 5.09 Å². The number of aliphatic carboxylic acids is 1. The monoisotopic (exact) mass is 287 g/mol. The van der Waals surface area contributed by atoms with Gasteiger partial charge in [-0.25, -0.2) is 0 Å². The molecule has 1 aromatic rings. The fourth-order valence-corrected chi connectivity index (χ4v) is 2.05. The van der Waals surface area contributed by atoms with E-state index in [4.69, 9.17) is 14.3 Å². The molecule has 0 aliphatic carbocycles. The third kappa shape index (κ3) is 4.60. The molecule has 0 aliphatic heterocycles. The highest BCUT2D eigenvalue weighted by molar-refractivity contribution is 7.98. The molecule has 19 heavy (non-hydrogen) atoms. The lowest BCUT2D eigenvalue weighted by molar-refractivity contribution is -0.139.